The number of imidazole rings is 1. The van der Waals surface area contributed by atoms with Crippen LogP contribution in [-0.4, -0.2) is 19.5 Å². The maximum Gasteiger partial charge on any atom is 0.328 e. The van der Waals surface area contributed by atoms with Gasteiger partial charge in [-0.15, -0.1) is 0 Å². The molecule has 4 aromatic rings. The smallest absolute Gasteiger partial charge is 0.328 e. The summed E-state index contributed by atoms with van der Waals surface area (Å²) < 4.78 is 1.63. The summed E-state index contributed by atoms with van der Waals surface area (Å²) in [4.78, 5) is 24.0. The largest absolute Gasteiger partial charge is 0.399 e. The standard InChI is InChI=1S/C19H17N5O/c20-15-8-4-7-14(11-15)16-12-21-17-18(22-16)24(19(25)23-17)10-9-13-5-2-1-3-6-13/h1-8,11-12H,9-10,20H2,(H,21,23,25). The highest BCUT2D eigenvalue weighted by molar-refractivity contribution is 5.72. The molecule has 0 radical (unpaired) electrons. The van der Waals surface area contributed by atoms with E-state index in [-0.39, 0.29) is 5.69 Å². The third-order valence-electron chi connectivity index (χ3n) is 4.13. The SMILES string of the molecule is Nc1cccc(-c2cnc3[nH]c(=O)n(CCc4ccccc4)c3n2)c1. The quantitative estimate of drug-likeness (QED) is 0.563. The maximum absolute atomic E-state index is 12.3. The molecule has 6 heteroatoms. The molecule has 2 aromatic heterocycles. The molecular weight excluding hydrogens is 314 g/mol. The number of H-pyrrole nitrogens is 1. The van der Waals surface area contributed by atoms with Crippen LogP contribution in [0.5, 0.6) is 0 Å². The minimum absolute atomic E-state index is 0.198. The van der Waals surface area contributed by atoms with Crippen molar-refractivity contribution in [1.29, 1.82) is 0 Å². The zero-order valence-electron chi connectivity index (χ0n) is 13.5. The third-order valence-corrected chi connectivity index (χ3v) is 4.13. The Morgan fingerprint density at radius 1 is 1.08 bits per heavy atom. The molecule has 0 aliphatic rings. The molecule has 25 heavy (non-hydrogen) atoms. The first-order valence-corrected chi connectivity index (χ1v) is 8.06. The van der Waals surface area contributed by atoms with Gasteiger partial charge in [0.15, 0.2) is 11.3 Å². The van der Waals surface area contributed by atoms with Crippen molar-refractivity contribution in [3.8, 4) is 11.3 Å². The fourth-order valence-electron chi connectivity index (χ4n) is 2.85. The van der Waals surface area contributed by atoms with Gasteiger partial charge in [-0.2, -0.15) is 0 Å². The van der Waals surface area contributed by atoms with Crippen molar-refractivity contribution in [3.05, 3.63) is 76.8 Å². The molecule has 0 saturated heterocycles. The summed E-state index contributed by atoms with van der Waals surface area (Å²) in [6.45, 7) is 0.540. The maximum atomic E-state index is 12.3. The summed E-state index contributed by atoms with van der Waals surface area (Å²) in [6, 6.07) is 17.5. The van der Waals surface area contributed by atoms with E-state index in [0.717, 1.165) is 12.0 Å². The average molecular weight is 331 g/mol. The van der Waals surface area contributed by atoms with Crippen molar-refractivity contribution in [1.82, 2.24) is 19.5 Å². The van der Waals surface area contributed by atoms with Crippen LogP contribution in [-0.2, 0) is 13.0 Å². The molecule has 4 rings (SSSR count). The lowest BCUT2D eigenvalue weighted by Crippen LogP contribution is -2.18. The highest BCUT2D eigenvalue weighted by Gasteiger charge is 2.11. The molecule has 2 heterocycles. The van der Waals surface area contributed by atoms with Crippen molar-refractivity contribution in [2.45, 2.75) is 13.0 Å². The molecule has 0 aliphatic carbocycles. The van der Waals surface area contributed by atoms with Gasteiger partial charge in [-0.05, 0) is 24.1 Å². The van der Waals surface area contributed by atoms with Crippen LogP contribution >= 0.6 is 0 Å². The molecule has 0 unspecified atom stereocenters. The summed E-state index contributed by atoms with van der Waals surface area (Å²) >= 11 is 0. The topological polar surface area (TPSA) is 89.6 Å². The Balaban J connectivity index is 1.72. The average Bonchev–Trinajstić information content (AvgIpc) is 2.95. The number of benzene rings is 2. The summed E-state index contributed by atoms with van der Waals surface area (Å²) in [5.74, 6) is 0. The highest BCUT2D eigenvalue weighted by Crippen LogP contribution is 2.20. The molecule has 0 atom stereocenters. The predicted octanol–water partition coefficient (Wildman–Crippen LogP) is 2.61. The minimum Gasteiger partial charge on any atom is -0.399 e. The van der Waals surface area contributed by atoms with Crippen LogP contribution in [0, 0.1) is 0 Å². The van der Waals surface area contributed by atoms with Crippen molar-refractivity contribution in [2.75, 3.05) is 5.73 Å². The molecule has 2 aromatic carbocycles. The molecule has 0 amide bonds. The van der Waals surface area contributed by atoms with E-state index in [4.69, 9.17) is 5.73 Å². The molecule has 0 aliphatic heterocycles. The Morgan fingerprint density at radius 3 is 2.72 bits per heavy atom. The van der Waals surface area contributed by atoms with E-state index in [1.807, 2.05) is 54.6 Å². The van der Waals surface area contributed by atoms with E-state index in [9.17, 15) is 4.79 Å². The number of nitrogens with two attached hydrogens (primary N) is 1. The first kappa shape index (κ1) is 15.1. The number of hydrogen-bond donors (Lipinski definition) is 2. The van der Waals surface area contributed by atoms with E-state index in [0.29, 0.717) is 29.2 Å². The van der Waals surface area contributed by atoms with E-state index in [1.54, 1.807) is 10.8 Å². The lowest BCUT2D eigenvalue weighted by Gasteiger charge is -2.05. The van der Waals surface area contributed by atoms with Crippen LogP contribution in [0.1, 0.15) is 5.56 Å². The van der Waals surface area contributed by atoms with Gasteiger partial charge < -0.3 is 5.73 Å². The van der Waals surface area contributed by atoms with Crippen molar-refractivity contribution >= 4 is 17.0 Å². The molecule has 3 N–H and O–H groups in total. The van der Waals surface area contributed by atoms with Gasteiger partial charge in [0.25, 0.3) is 0 Å². The number of aryl methyl sites for hydroxylation is 2. The van der Waals surface area contributed by atoms with Gasteiger partial charge in [-0.3, -0.25) is 9.55 Å². The fourth-order valence-corrected chi connectivity index (χ4v) is 2.85. The number of rotatable bonds is 4. The minimum atomic E-state index is -0.198. The second-order valence-electron chi connectivity index (χ2n) is 5.87. The van der Waals surface area contributed by atoms with E-state index in [1.165, 1.54) is 5.56 Å². The van der Waals surface area contributed by atoms with Gasteiger partial charge in [0, 0.05) is 17.8 Å². The number of anilines is 1. The van der Waals surface area contributed by atoms with Crippen LogP contribution < -0.4 is 11.4 Å². The van der Waals surface area contributed by atoms with Crippen LogP contribution in [0.3, 0.4) is 0 Å². The number of nitrogens with zero attached hydrogens (tertiary/aromatic N) is 3. The zero-order valence-corrected chi connectivity index (χ0v) is 13.5. The summed E-state index contributed by atoms with van der Waals surface area (Å²) in [5.41, 5.74) is 10.1. The Kier molecular flexibility index (Phi) is 3.78. The third kappa shape index (κ3) is 3.01. The number of fused-ring (bicyclic) bond motifs is 1. The Labute approximate surface area is 144 Å². The molecule has 0 spiro atoms. The van der Waals surface area contributed by atoms with Gasteiger partial charge in [0.05, 0.1) is 11.9 Å². The Morgan fingerprint density at radius 2 is 1.92 bits per heavy atom. The van der Waals surface area contributed by atoms with E-state index in [2.05, 4.69) is 15.0 Å². The first-order valence-electron chi connectivity index (χ1n) is 8.06. The lowest BCUT2D eigenvalue weighted by atomic mass is 10.1. The number of aromatic nitrogens is 4. The van der Waals surface area contributed by atoms with Crippen molar-refractivity contribution in [3.63, 3.8) is 0 Å². The Hall–Kier alpha value is -3.41. The van der Waals surface area contributed by atoms with Crippen LogP contribution in [0.2, 0.25) is 0 Å². The monoisotopic (exact) mass is 331 g/mol. The number of nitrogens with one attached hydrogen (secondary N) is 1. The summed E-state index contributed by atoms with van der Waals surface area (Å²) in [7, 11) is 0. The normalized spacial score (nSPS) is 11.0. The molecule has 6 nitrogen and oxygen atoms in total. The second kappa shape index (κ2) is 6.24. The zero-order chi connectivity index (χ0) is 17.2. The molecule has 0 bridgehead atoms. The van der Waals surface area contributed by atoms with Gasteiger partial charge in [0.2, 0.25) is 0 Å². The Bertz CT molecular complexity index is 1080. The van der Waals surface area contributed by atoms with Crippen molar-refractivity contribution in [2.24, 2.45) is 0 Å². The molecule has 0 saturated carbocycles. The van der Waals surface area contributed by atoms with Gasteiger partial charge in [-0.25, -0.2) is 14.8 Å². The van der Waals surface area contributed by atoms with Crippen LogP contribution in [0.25, 0.3) is 22.6 Å². The van der Waals surface area contributed by atoms with Crippen LogP contribution in [0.15, 0.2) is 65.6 Å². The second-order valence-corrected chi connectivity index (χ2v) is 5.87. The molecule has 0 fully saturated rings. The number of aromatic amines is 1. The van der Waals surface area contributed by atoms with Crippen LogP contribution in [0.4, 0.5) is 5.69 Å². The fraction of sp³-hybridized carbons (Fsp3) is 0.105. The van der Waals surface area contributed by atoms with Gasteiger partial charge in [-0.1, -0.05) is 42.5 Å². The van der Waals surface area contributed by atoms with E-state index >= 15 is 0 Å². The summed E-state index contributed by atoms with van der Waals surface area (Å²) in [6.07, 6.45) is 2.40. The number of hydrogen-bond acceptors (Lipinski definition) is 4. The lowest BCUT2D eigenvalue weighted by molar-refractivity contribution is 0.685. The number of nitrogen functional groups attached to an aromatic ring is 1. The molecule has 124 valence electrons. The van der Waals surface area contributed by atoms with Gasteiger partial charge >= 0.3 is 5.69 Å². The first-order chi connectivity index (χ1) is 12.2. The highest BCUT2D eigenvalue weighted by atomic mass is 16.1. The molecular formula is C19H17N5O. The van der Waals surface area contributed by atoms with Crippen molar-refractivity contribution < 1.29 is 0 Å². The van der Waals surface area contributed by atoms with E-state index < -0.39 is 0 Å². The summed E-state index contributed by atoms with van der Waals surface area (Å²) in [5, 5.41) is 0. The van der Waals surface area contributed by atoms with Gasteiger partial charge in [0.1, 0.15) is 0 Å². The predicted molar refractivity (Wildman–Crippen MR) is 98.1 cm³/mol.